The summed E-state index contributed by atoms with van der Waals surface area (Å²) in [6.45, 7) is 1.45. The SMILES string of the molecule is CC(Nc1cccc(F)c1)(C(N)=O)c1cc(Br)ccc1F. The van der Waals surface area contributed by atoms with Crippen LogP contribution in [0.25, 0.3) is 0 Å². The molecule has 2 aromatic rings. The number of halogens is 3. The zero-order valence-corrected chi connectivity index (χ0v) is 12.7. The average molecular weight is 355 g/mol. The maximum absolute atomic E-state index is 14.1. The third kappa shape index (κ3) is 3.21. The molecule has 2 aromatic carbocycles. The smallest absolute Gasteiger partial charge is 0.247 e. The van der Waals surface area contributed by atoms with E-state index in [0.717, 1.165) is 0 Å². The molecule has 0 aliphatic carbocycles. The zero-order valence-electron chi connectivity index (χ0n) is 11.2. The maximum Gasteiger partial charge on any atom is 0.247 e. The van der Waals surface area contributed by atoms with E-state index in [4.69, 9.17) is 5.73 Å². The van der Waals surface area contributed by atoms with Gasteiger partial charge in [0.2, 0.25) is 5.91 Å². The molecule has 0 radical (unpaired) electrons. The number of hydrogen-bond acceptors (Lipinski definition) is 2. The molecule has 21 heavy (non-hydrogen) atoms. The second kappa shape index (κ2) is 5.81. The molecule has 3 N–H and O–H groups in total. The first-order valence-corrected chi connectivity index (χ1v) is 6.91. The van der Waals surface area contributed by atoms with Crippen molar-refractivity contribution in [1.29, 1.82) is 0 Å². The summed E-state index contributed by atoms with van der Waals surface area (Å²) in [5.74, 6) is -1.83. The van der Waals surface area contributed by atoms with Crippen LogP contribution in [0.3, 0.4) is 0 Å². The summed E-state index contributed by atoms with van der Waals surface area (Å²) in [5, 5.41) is 2.80. The Kier molecular flexibility index (Phi) is 4.27. The van der Waals surface area contributed by atoms with E-state index in [-0.39, 0.29) is 5.56 Å². The third-order valence-electron chi connectivity index (χ3n) is 3.18. The van der Waals surface area contributed by atoms with Gasteiger partial charge in [0.05, 0.1) is 0 Å². The van der Waals surface area contributed by atoms with Crippen LogP contribution in [0.4, 0.5) is 14.5 Å². The Morgan fingerprint density at radius 3 is 2.57 bits per heavy atom. The van der Waals surface area contributed by atoms with E-state index in [0.29, 0.717) is 10.2 Å². The molecule has 0 saturated heterocycles. The Hall–Kier alpha value is -1.95. The monoisotopic (exact) mass is 354 g/mol. The molecule has 3 nitrogen and oxygen atoms in total. The van der Waals surface area contributed by atoms with Gasteiger partial charge in [-0.25, -0.2) is 8.78 Å². The summed E-state index contributed by atoms with van der Waals surface area (Å²) in [4.78, 5) is 11.9. The number of carbonyl (C=O) groups excluding carboxylic acids is 1. The molecule has 0 saturated carbocycles. The van der Waals surface area contributed by atoms with Crippen molar-refractivity contribution < 1.29 is 13.6 Å². The Bertz CT molecular complexity index is 693. The van der Waals surface area contributed by atoms with Gasteiger partial charge in [0, 0.05) is 15.7 Å². The topological polar surface area (TPSA) is 55.1 Å². The van der Waals surface area contributed by atoms with Crippen molar-refractivity contribution in [3.63, 3.8) is 0 Å². The molecule has 110 valence electrons. The fourth-order valence-corrected chi connectivity index (χ4v) is 2.36. The Morgan fingerprint density at radius 1 is 1.24 bits per heavy atom. The van der Waals surface area contributed by atoms with Crippen LogP contribution in [0.2, 0.25) is 0 Å². The maximum atomic E-state index is 14.1. The lowest BCUT2D eigenvalue weighted by Crippen LogP contribution is -2.45. The van der Waals surface area contributed by atoms with E-state index in [9.17, 15) is 13.6 Å². The third-order valence-corrected chi connectivity index (χ3v) is 3.67. The summed E-state index contributed by atoms with van der Waals surface area (Å²) in [6, 6.07) is 9.74. The lowest BCUT2D eigenvalue weighted by Gasteiger charge is -2.29. The van der Waals surface area contributed by atoms with Gasteiger partial charge in [-0.1, -0.05) is 22.0 Å². The molecule has 6 heteroatoms. The second-order valence-corrected chi connectivity index (χ2v) is 5.66. The Morgan fingerprint density at radius 2 is 1.95 bits per heavy atom. The van der Waals surface area contributed by atoms with Gasteiger partial charge in [-0.05, 0) is 43.3 Å². The molecule has 0 heterocycles. The summed E-state index contributed by atoms with van der Waals surface area (Å²) < 4.78 is 27.9. The van der Waals surface area contributed by atoms with Crippen LogP contribution in [-0.4, -0.2) is 5.91 Å². The van der Waals surface area contributed by atoms with Crippen molar-refractivity contribution >= 4 is 27.5 Å². The van der Waals surface area contributed by atoms with Gasteiger partial charge in [-0.15, -0.1) is 0 Å². The minimum absolute atomic E-state index is 0.0774. The number of primary amides is 1. The van der Waals surface area contributed by atoms with Gasteiger partial charge in [0.15, 0.2) is 0 Å². The Labute approximate surface area is 129 Å². The molecular formula is C15H13BrF2N2O. The van der Waals surface area contributed by atoms with Gasteiger partial charge in [-0.2, -0.15) is 0 Å². The fraction of sp³-hybridized carbons (Fsp3) is 0.133. The van der Waals surface area contributed by atoms with E-state index in [1.165, 1.54) is 43.3 Å². The number of hydrogen-bond donors (Lipinski definition) is 2. The highest BCUT2D eigenvalue weighted by Crippen LogP contribution is 2.30. The molecule has 1 amide bonds. The molecule has 0 aromatic heterocycles. The summed E-state index contributed by atoms with van der Waals surface area (Å²) in [5.41, 5.74) is 4.33. The summed E-state index contributed by atoms with van der Waals surface area (Å²) in [7, 11) is 0. The normalized spacial score (nSPS) is 13.5. The molecular weight excluding hydrogens is 342 g/mol. The predicted molar refractivity (Wildman–Crippen MR) is 80.7 cm³/mol. The standard InChI is InChI=1S/C15H13BrF2N2O/c1-15(14(19)21,12-7-9(16)5-6-13(12)18)20-11-4-2-3-10(17)8-11/h2-8,20H,1H3,(H2,19,21). The van der Waals surface area contributed by atoms with Gasteiger partial charge < -0.3 is 11.1 Å². The van der Waals surface area contributed by atoms with Gasteiger partial charge in [-0.3, -0.25) is 4.79 Å². The number of anilines is 1. The molecule has 1 atom stereocenters. The van der Waals surface area contributed by atoms with Crippen molar-refractivity contribution in [1.82, 2.24) is 0 Å². The van der Waals surface area contributed by atoms with Crippen LogP contribution in [0.15, 0.2) is 46.9 Å². The van der Waals surface area contributed by atoms with Crippen molar-refractivity contribution in [2.45, 2.75) is 12.5 Å². The molecule has 0 spiro atoms. The van der Waals surface area contributed by atoms with Crippen LogP contribution in [0, 0.1) is 11.6 Å². The van der Waals surface area contributed by atoms with Gasteiger partial charge in [0.1, 0.15) is 17.2 Å². The fourth-order valence-electron chi connectivity index (χ4n) is 2.00. The van der Waals surface area contributed by atoms with Crippen molar-refractivity contribution in [3.8, 4) is 0 Å². The van der Waals surface area contributed by atoms with Crippen LogP contribution in [-0.2, 0) is 10.3 Å². The summed E-state index contributed by atoms with van der Waals surface area (Å²) in [6.07, 6.45) is 0. The van der Waals surface area contributed by atoms with E-state index >= 15 is 0 Å². The quantitative estimate of drug-likeness (QED) is 0.882. The molecule has 0 aliphatic heterocycles. The van der Waals surface area contributed by atoms with Crippen molar-refractivity contribution in [2.75, 3.05) is 5.32 Å². The van der Waals surface area contributed by atoms with E-state index < -0.39 is 23.1 Å². The average Bonchev–Trinajstić information content (AvgIpc) is 2.41. The highest BCUT2D eigenvalue weighted by Gasteiger charge is 2.36. The number of rotatable bonds is 4. The molecule has 2 rings (SSSR count). The van der Waals surface area contributed by atoms with Crippen molar-refractivity contribution in [3.05, 3.63) is 64.1 Å². The van der Waals surface area contributed by atoms with Crippen molar-refractivity contribution in [2.24, 2.45) is 5.73 Å². The molecule has 1 unspecified atom stereocenters. The first kappa shape index (κ1) is 15.4. The lowest BCUT2D eigenvalue weighted by atomic mass is 9.90. The second-order valence-electron chi connectivity index (χ2n) is 4.75. The molecule has 0 aliphatic rings. The first-order valence-electron chi connectivity index (χ1n) is 6.12. The summed E-state index contributed by atoms with van der Waals surface area (Å²) >= 11 is 3.23. The van der Waals surface area contributed by atoms with Gasteiger partial charge >= 0.3 is 0 Å². The molecule has 0 bridgehead atoms. The number of carbonyl (C=O) groups is 1. The van der Waals surface area contributed by atoms with Crippen LogP contribution < -0.4 is 11.1 Å². The predicted octanol–water partition coefficient (Wildman–Crippen LogP) is 3.54. The van der Waals surface area contributed by atoms with Crippen LogP contribution >= 0.6 is 15.9 Å². The van der Waals surface area contributed by atoms with Crippen LogP contribution in [0.5, 0.6) is 0 Å². The first-order chi connectivity index (χ1) is 9.83. The number of benzene rings is 2. The molecule has 0 fully saturated rings. The number of nitrogens with two attached hydrogens (primary N) is 1. The Balaban J connectivity index is 2.50. The van der Waals surface area contributed by atoms with E-state index in [1.54, 1.807) is 6.07 Å². The number of nitrogens with one attached hydrogen (secondary N) is 1. The van der Waals surface area contributed by atoms with E-state index in [1.807, 2.05) is 0 Å². The largest absolute Gasteiger partial charge is 0.368 e. The number of amides is 1. The van der Waals surface area contributed by atoms with Gasteiger partial charge in [0.25, 0.3) is 0 Å². The minimum atomic E-state index is -1.51. The zero-order chi connectivity index (χ0) is 15.6. The van der Waals surface area contributed by atoms with Crippen LogP contribution in [0.1, 0.15) is 12.5 Å². The highest BCUT2D eigenvalue weighted by molar-refractivity contribution is 9.10. The highest BCUT2D eigenvalue weighted by atomic mass is 79.9. The minimum Gasteiger partial charge on any atom is -0.368 e. The van der Waals surface area contributed by atoms with E-state index in [2.05, 4.69) is 21.2 Å². The lowest BCUT2D eigenvalue weighted by molar-refractivity contribution is -0.122.